The molecule has 0 aliphatic carbocycles. The van der Waals surface area contributed by atoms with Crippen molar-refractivity contribution in [3.8, 4) is 5.75 Å². The molecule has 0 bridgehead atoms. The monoisotopic (exact) mass is 456 g/mol. The van der Waals surface area contributed by atoms with E-state index < -0.39 is 14.9 Å². The van der Waals surface area contributed by atoms with Crippen molar-refractivity contribution in [1.29, 1.82) is 0 Å². The number of pyridine rings is 1. The predicted octanol–water partition coefficient (Wildman–Crippen LogP) is 2.97. The molecule has 32 heavy (non-hydrogen) atoms. The first-order valence-corrected chi connectivity index (χ1v) is 11.6. The Morgan fingerprint density at radius 2 is 1.88 bits per heavy atom. The number of nitro benzene ring substituents is 1. The molecular weight excluding hydrogens is 432 g/mol. The molecule has 1 aliphatic heterocycles. The Bertz CT molecular complexity index is 1270. The van der Waals surface area contributed by atoms with Crippen molar-refractivity contribution < 1.29 is 18.1 Å². The van der Waals surface area contributed by atoms with Crippen molar-refractivity contribution in [2.45, 2.75) is 18.4 Å². The Morgan fingerprint density at radius 3 is 2.56 bits per heavy atom. The van der Waals surface area contributed by atoms with Gasteiger partial charge in [0.15, 0.2) is 0 Å². The standard InChI is InChI=1S/C22H24N4O5S/c1-16-12-17-4-3-5-21(22(17)23-14-16)32(29,30)25-10-8-24(9-11-25)15-18-13-19(26(27)28)6-7-20(18)31-2/h3-7,12-14H,8-11,15H2,1-2H3. The van der Waals surface area contributed by atoms with Gasteiger partial charge in [0.25, 0.3) is 5.69 Å². The minimum absolute atomic E-state index is 0.000654. The summed E-state index contributed by atoms with van der Waals surface area (Å²) in [5.41, 5.74) is 2.14. The molecule has 2 heterocycles. The lowest BCUT2D eigenvalue weighted by atomic mass is 10.1. The first kappa shape index (κ1) is 22.1. The number of non-ortho nitro benzene ring substituents is 1. The van der Waals surface area contributed by atoms with Crippen LogP contribution in [0.1, 0.15) is 11.1 Å². The molecule has 1 aromatic heterocycles. The van der Waals surface area contributed by atoms with E-state index in [4.69, 9.17) is 4.74 Å². The second-order valence-electron chi connectivity index (χ2n) is 7.77. The van der Waals surface area contributed by atoms with Gasteiger partial charge in [-0.25, -0.2) is 8.42 Å². The molecule has 9 nitrogen and oxygen atoms in total. The number of hydrogen-bond donors (Lipinski definition) is 0. The van der Waals surface area contributed by atoms with E-state index in [0.29, 0.717) is 49.6 Å². The number of ether oxygens (including phenoxy) is 1. The third kappa shape index (κ3) is 4.29. The highest BCUT2D eigenvalue weighted by Crippen LogP contribution is 2.28. The minimum atomic E-state index is -3.70. The van der Waals surface area contributed by atoms with E-state index in [1.54, 1.807) is 24.4 Å². The number of benzene rings is 2. The molecule has 168 valence electrons. The van der Waals surface area contributed by atoms with Crippen LogP contribution >= 0.6 is 0 Å². The molecule has 0 unspecified atom stereocenters. The lowest BCUT2D eigenvalue weighted by Crippen LogP contribution is -2.48. The van der Waals surface area contributed by atoms with Crippen molar-refractivity contribution in [3.05, 3.63) is 69.9 Å². The van der Waals surface area contributed by atoms with Crippen molar-refractivity contribution in [3.63, 3.8) is 0 Å². The van der Waals surface area contributed by atoms with E-state index in [9.17, 15) is 18.5 Å². The van der Waals surface area contributed by atoms with Crippen LogP contribution in [0.25, 0.3) is 10.9 Å². The summed E-state index contributed by atoms with van der Waals surface area (Å²) in [5.74, 6) is 0.572. The lowest BCUT2D eigenvalue weighted by Gasteiger charge is -2.34. The molecule has 0 atom stereocenters. The number of nitro groups is 1. The van der Waals surface area contributed by atoms with Gasteiger partial charge in [0, 0.05) is 62.0 Å². The topological polar surface area (TPSA) is 106 Å². The van der Waals surface area contributed by atoms with Gasteiger partial charge in [-0.05, 0) is 30.7 Å². The Labute approximate surface area is 186 Å². The van der Waals surface area contributed by atoms with E-state index in [-0.39, 0.29) is 10.6 Å². The average molecular weight is 457 g/mol. The zero-order valence-corrected chi connectivity index (χ0v) is 18.7. The molecule has 2 aromatic carbocycles. The summed E-state index contributed by atoms with van der Waals surface area (Å²) in [6.07, 6.45) is 1.67. The van der Waals surface area contributed by atoms with Crippen LogP contribution in [0.2, 0.25) is 0 Å². The molecule has 0 saturated carbocycles. The van der Waals surface area contributed by atoms with Gasteiger partial charge in [0.1, 0.15) is 10.6 Å². The number of nitrogens with zero attached hydrogens (tertiary/aromatic N) is 4. The van der Waals surface area contributed by atoms with Crippen molar-refractivity contribution in [2.24, 2.45) is 0 Å². The largest absolute Gasteiger partial charge is 0.496 e. The summed E-state index contributed by atoms with van der Waals surface area (Å²) in [7, 11) is -2.18. The van der Waals surface area contributed by atoms with Crippen LogP contribution in [0.5, 0.6) is 5.75 Å². The van der Waals surface area contributed by atoms with E-state index in [0.717, 1.165) is 10.9 Å². The number of fused-ring (bicyclic) bond motifs is 1. The maximum atomic E-state index is 13.3. The van der Waals surface area contributed by atoms with Gasteiger partial charge in [-0.2, -0.15) is 4.31 Å². The first-order valence-electron chi connectivity index (χ1n) is 10.2. The van der Waals surface area contributed by atoms with E-state index >= 15 is 0 Å². The Morgan fingerprint density at radius 1 is 1.12 bits per heavy atom. The van der Waals surface area contributed by atoms with Gasteiger partial charge in [-0.1, -0.05) is 12.1 Å². The molecule has 4 rings (SSSR count). The van der Waals surface area contributed by atoms with Crippen molar-refractivity contribution >= 4 is 26.6 Å². The van der Waals surface area contributed by atoms with Crippen LogP contribution in [0, 0.1) is 17.0 Å². The van der Waals surface area contributed by atoms with Gasteiger partial charge >= 0.3 is 0 Å². The lowest BCUT2D eigenvalue weighted by molar-refractivity contribution is -0.385. The molecule has 0 radical (unpaired) electrons. The molecule has 1 saturated heterocycles. The zero-order valence-electron chi connectivity index (χ0n) is 17.9. The third-order valence-corrected chi connectivity index (χ3v) is 7.56. The number of para-hydroxylation sites is 1. The maximum Gasteiger partial charge on any atom is 0.270 e. The molecular formula is C22H24N4O5S. The summed E-state index contributed by atoms with van der Waals surface area (Å²) >= 11 is 0. The molecule has 1 fully saturated rings. The smallest absolute Gasteiger partial charge is 0.270 e. The summed E-state index contributed by atoms with van der Waals surface area (Å²) < 4.78 is 33.5. The number of aromatic nitrogens is 1. The molecule has 10 heteroatoms. The highest BCUT2D eigenvalue weighted by molar-refractivity contribution is 7.89. The third-order valence-electron chi connectivity index (χ3n) is 5.63. The number of piperazine rings is 1. The predicted molar refractivity (Wildman–Crippen MR) is 120 cm³/mol. The second-order valence-corrected chi connectivity index (χ2v) is 9.68. The molecule has 0 spiro atoms. The van der Waals surface area contributed by atoms with Crippen LogP contribution in [0.15, 0.2) is 53.6 Å². The van der Waals surface area contributed by atoms with Gasteiger partial charge in [0.05, 0.1) is 17.5 Å². The van der Waals surface area contributed by atoms with Gasteiger partial charge in [0.2, 0.25) is 10.0 Å². The quantitative estimate of drug-likeness (QED) is 0.415. The van der Waals surface area contributed by atoms with Gasteiger partial charge < -0.3 is 4.74 Å². The highest BCUT2D eigenvalue weighted by atomic mass is 32.2. The fourth-order valence-corrected chi connectivity index (χ4v) is 5.55. The van der Waals surface area contributed by atoms with Crippen LogP contribution in [-0.4, -0.2) is 60.8 Å². The summed E-state index contributed by atoms with van der Waals surface area (Å²) in [6, 6.07) is 11.6. The van der Waals surface area contributed by atoms with Gasteiger partial charge in [-0.15, -0.1) is 0 Å². The Hall–Kier alpha value is -3.08. The summed E-state index contributed by atoms with van der Waals surface area (Å²) in [5, 5.41) is 11.9. The number of methoxy groups -OCH3 is 1. The van der Waals surface area contributed by atoms with Crippen LogP contribution < -0.4 is 4.74 Å². The van der Waals surface area contributed by atoms with E-state index in [1.807, 2.05) is 19.1 Å². The van der Waals surface area contributed by atoms with E-state index in [2.05, 4.69) is 9.88 Å². The number of aryl methyl sites for hydroxylation is 1. The Kier molecular flexibility index (Phi) is 6.09. The van der Waals surface area contributed by atoms with Crippen LogP contribution in [0.4, 0.5) is 5.69 Å². The van der Waals surface area contributed by atoms with Crippen molar-refractivity contribution in [1.82, 2.24) is 14.2 Å². The molecule has 3 aromatic rings. The summed E-state index contributed by atoms with van der Waals surface area (Å²) in [6.45, 7) is 4.01. The Balaban J connectivity index is 1.51. The number of rotatable bonds is 6. The molecule has 0 N–H and O–H groups in total. The molecule has 1 aliphatic rings. The average Bonchev–Trinajstić information content (AvgIpc) is 2.78. The number of sulfonamides is 1. The van der Waals surface area contributed by atoms with E-state index in [1.165, 1.54) is 23.5 Å². The highest BCUT2D eigenvalue weighted by Gasteiger charge is 2.30. The van der Waals surface area contributed by atoms with Crippen LogP contribution in [-0.2, 0) is 16.6 Å². The molecule has 0 amide bonds. The van der Waals surface area contributed by atoms with Crippen molar-refractivity contribution in [2.75, 3.05) is 33.3 Å². The fourth-order valence-electron chi connectivity index (χ4n) is 3.96. The van der Waals surface area contributed by atoms with Gasteiger partial charge in [-0.3, -0.25) is 20.0 Å². The number of hydrogen-bond acceptors (Lipinski definition) is 7. The van der Waals surface area contributed by atoms with Crippen LogP contribution in [0.3, 0.4) is 0 Å². The SMILES string of the molecule is COc1ccc([N+](=O)[O-])cc1CN1CCN(S(=O)(=O)c2cccc3cc(C)cnc23)CC1. The maximum absolute atomic E-state index is 13.3. The minimum Gasteiger partial charge on any atom is -0.496 e. The fraction of sp³-hybridized carbons (Fsp3) is 0.318. The second kappa shape index (κ2) is 8.81. The summed E-state index contributed by atoms with van der Waals surface area (Å²) in [4.78, 5) is 17.3. The first-order chi connectivity index (χ1) is 15.3. The zero-order chi connectivity index (χ0) is 22.9. The normalized spacial score (nSPS) is 15.7.